The first-order valence-corrected chi connectivity index (χ1v) is 7.43. The van der Waals surface area contributed by atoms with E-state index in [1.165, 1.54) is 47.9 Å². The van der Waals surface area contributed by atoms with E-state index in [2.05, 4.69) is 38.2 Å². The van der Waals surface area contributed by atoms with Crippen molar-refractivity contribution in [2.45, 2.75) is 59.0 Å². The Balaban J connectivity index is 1.65. The summed E-state index contributed by atoms with van der Waals surface area (Å²) in [7, 11) is 0. The Labute approximate surface area is 111 Å². The third kappa shape index (κ3) is 2.21. The molecule has 1 nitrogen and oxygen atoms in total. The number of rotatable bonds is 3. The van der Waals surface area contributed by atoms with Gasteiger partial charge in [-0.15, -0.1) is 0 Å². The summed E-state index contributed by atoms with van der Waals surface area (Å²) in [5.41, 5.74) is 5.76. The standard InChI is InChI=1S/C17H25N/c1-11-6-13(3)16(7-12(11)2)10-18-17-9-14-4-5-15(17)8-14/h6-7,14-15,17-18H,4-5,8-10H2,1-3H3. The number of fused-ring (bicyclic) bond motifs is 2. The Hall–Kier alpha value is -0.820. The highest BCUT2D eigenvalue weighted by atomic mass is 14.9. The lowest BCUT2D eigenvalue weighted by molar-refractivity contribution is 0.350. The van der Waals surface area contributed by atoms with Gasteiger partial charge in [0.15, 0.2) is 0 Å². The van der Waals surface area contributed by atoms with Gasteiger partial charge in [0, 0.05) is 12.6 Å². The topological polar surface area (TPSA) is 12.0 Å². The summed E-state index contributed by atoms with van der Waals surface area (Å²) in [5, 5.41) is 3.82. The van der Waals surface area contributed by atoms with Crippen LogP contribution in [0.3, 0.4) is 0 Å². The van der Waals surface area contributed by atoms with Crippen molar-refractivity contribution in [2.24, 2.45) is 11.8 Å². The normalized spacial score (nSPS) is 30.1. The fraction of sp³-hybridized carbons (Fsp3) is 0.647. The first-order valence-electron chi connectivity index (χ1n) is 7.43. The van der Waals surface area contributed by atoms with Crippen LogP contribution in [0.1, 0.15) is 47.9 Å². The van der Waals surface area contributed by atoms with Gasteiger partial charge in [0.25, 0.3) is 0 Å². The maximum Gasteiger partial charge on any atom is 0.0210 e. The van der Waals surface area contributed by atoms with Crippen LogP contribution in [0.2, 0.25) is 0 Å². The van der Waals surface area contributed by atoms with E-state index in [9.17, 15) is 0 Å². The molecule has 1 heteroatoms. The average Bonchev–Trinajstić information content (AvgIpc) is 2.94. The monoisotopic (exact) mass is 243 g/mol. The molecular weight excluding hydrogens is 218 g/mol. The second kappa shape index (κ2) is 4.70. The van der Waals surface area contributed by atoms with Gasteiger partial charge in [-0.3, -0.25) is 0 Å². The molecule has 3 rings (SSSR count). The van der Waals surface area contributed by atoms with E-state index in [0.717, 1.165) is 24.4 Å². The Bertz CT molecular complexity index is 449. The Morgan fingerprint density at radius 3 is 2.44 bits per heavy atom. The molecule has 2 saturated carbocycles. The van der Waals surface area contributed by atoms with Crippen LogP contribution in [0.4, 0.5) is 0 Å². The van der Waals surface area contributed by atoms with Crippen molar-refractivity contribution in [3.05, 3.63) is 34.4 Å². The van der Waals surface area contributed by atoms with Crippen molar-refractivity contribution in [2.75, 3.05) is 0 Å². The minimum absolute atomic E-state index is 0.796. The Kier molecular flexibility index (Phi) is 3.19. The van der Waals surface area contributed by atoms with Crippen LogP contribution in [-0.4, -0.2) is 6.04 Å². The van der Waals surface area contributed by atoms with Crippen molar-refractivity contribution < 1.29 is 0 Å². The minimum atomic E-state index is 0.796. The summed E-state index contributed by atoms with van der Waals surface area (Å²) >= 11 is 0. The number of hydrogen-bond acceptors (Lipinski definition) is 1. The van der Waals surface area contributed by atoms with Crippen LogP contribution < -0.4 is 5.32 Å². The number of hydrogen-bond donors (Lipinski definition) is 1. The summed E-state index contributed by atoms with van der Waals surface area (Å²) < 4.78 is 0. The van der Waals surface area contributed by atoms with Gasteiger partial charge in [-0.1, -0.05) is 18.6 Å². The maximum atomic E-state index is 3.82. The molecule has 0 radical (unpaired) electrons. The van der Waals surface area contributed by atoms with Crippen LogP contribution in [0, 0.1) is 32.6 Å². The molecular formula is C17H25N. The number of aryl methyl sites for hydroxylation is 3. The largest absolute Gasteiger partial charge is 0.310 e. The van der Waals surface area contributed by atoms with Crippen LogP contribution in [0.25, 0.3) is 0 Å². The zero-order valence-electron chi connectivity index (χ0n) is 11.9. The molecule has 0 spiro atoms. The van der Waals surface area contributed by atoms with Gasteiger partial charge < -0.3 is 5.32 Å². The van der Waals surface area contributed by atoms with Gasteiger partial charge in [-0.2, -0.15) is 0 Å². The zero-order valence-corrected chi connectivity index (χ0v) is 11.9. The second-order valence-corrected chi connectivity index (χ2v) is 6.53. The van der Waals surface area contributed by atoms with E-state index in [1.807, 2.05) is 0 Å². The van der Waals surface area contributed by atoms with Gasteiger partial charge in [0.1, 0.15) is 0 Å². The van der Waals surface area contributed by atoms with Crippen molar-refractivity contribution in [1.82, 2.24) is 5.32 Å². The van der Waals surface area contributed by atoms with E-state index >= 15 is 0 Å². The fourth-order valence-corrected chi connectivity index (χ4v) is 3.95. The molecule has 0 saturated heterocycles. The van der Waals surface area contributed by atoms with Crippen molar-refractivity contribution in [3.8, 4) is 0 Å². The molecule has 1 N–H and O–H groups in total. The molecule has 2 aliphatic carbocycles. The highest BCUT2D eigenvalue weighted by molar-refractivity contribution is 5.36. The quantitative estimate of drug-likeness (QED) is 0.849. The summed E-state index contributed by atoms with van der Waals surface area (Å²) in [6.45, 7) is 7.72. The predicted molar refractivity (Wildman–Crippen MR) is 76.7 cm³/mol. The summed E-state index contributed by atoms with van der Waals surface area (Å²) in [4.78, 5) is 0. The van der Waals surface area contributed by atoms with Crippen molar-refractivity contribution in [1.29, 1.82) is 0 Å². The molecule has 3 atom stereocenters. The first kappa shape index (κ1) is 12.2. The lowest BCUT2D eigenvalue weighted by atomic mass is 9.94. The smallest absolute Gasteiger partial charge is 0.0210 e. The minimum Gasteiger partial charge on any atom is -0.310 e. The molecule has 0 heterocycles. The molecule has 98 valence electrons. The van der Waals surface area contributed by atoms with E-state index in [0.29, 0.717) is 0 Å². The van der Waals surface area contributed by atoms with Crippen molar-refractivity contribution in [3.63, 3.8) is 0 Å². The summed E-state index contributed by atoms with van der Waals surface area (Å²) in [5.74, 6) is 2.01. The molecule has 3 unspecified atom stereocenters. The zero-order chi connectivity index (χ0) is 12.7. The lowest BCUT2D eigenvalue weighted by Gasteiger charge is -2.23. The van der Waals surface area contributed by atoms with E-state index in [4.69, 9.17) is 0 Å². The molecule has 2 fully saturated rings. The molecule has 1 aromatic rings. The van der Waals surface area contributed by atoms with Gasteiger partial charge in [0.05, 0.1) is 0 Å². The van der Waals surface area contributed by atoms with Gasteiger partial charge in [0.2, 0.25) is 0 Å². The van der Waals surface area contributed by atoms with Crippen LogP contribution in [0.15, 0.2) is 12.1 Å². The Morgan fingerprint density at radius 2 is 1.78 bits per heavy atom. The second-order valence-electron chi connectivity index (χ2n) is 6.53. The third-order valence-electron chi connectivity index (χ3n) is 5.25. The third-order valence-corrected chi connectivity index (χ3v) is 5.25. The maximum absolute atomic E-state index is 3.82. The molecule has 0 aliphatic heterocycles. The van der Waals surface area contributed by atoms with E-state index < -0.39 is 0 Å². The van der Waals surface area contributed by atoms with E-state index in [-0.39, 0.29) is 0 Å². The van der Waals surface area contributed by atoms with E-state index in [1.54, 1.807) is 0 Å². The van der Waals surface area contributed by atoms with Crippen LogP contribution in [0.5, 0.6) is 0 Å². The summed E-state index contributed by atoms with van der Waals surface area (Å²) in [6, 6.07) is 5.49. The molecule has 1 aromatic carbocycles. The highest BCUT2D eigenvalue weighted by Gasteiger charge is 2.38. The molecule has 18 heavy (non-hydrogen) atoms. The van der Waals surface area contributed by atoms with Gasteiger partial charge in [-0.05, 0) is 74.1 Å². The first-order chi connectivity index (χ1) is 8.63. The SMILES string of the molecule is Cc1cc(C)c(CNC2CC3CCC2C3)cc1C. The number of benzene rings is 1. The van der Waals surface area contributed by atoms with Crippen LogP contribution >= 0.6 is 0 Å². The predicted octanol–water partition coefficient (Wildman–Crippen LogP) is 3.89. The average molecular weight is 243 g/mol. The van der Waals surface area contributed by atoms with Gasteiger partial charge >= 0.3 is 0 Å². The lowest BCUT2D eigenvalue weighted by Crippen LogP contribution is -2.33. The Morgan fingerprint density at radius 1 is 1.00 bits per heavy atom. The molecule has 2 aliphatic rings. The highest BCUT2D eigenvalue weighted by Crippen LogP contribution is 2.44. The molecule has 0 amide bonds. The molecule has 2 bridgehead atoms. The van der Waals surface area contributed by atoms with Gasteiger partial charge in [-0.25, -0.2) is 0 Å². The number of nitrogens with one attached hydrogen (secondary N) is 1. The fourth-order valence-electron chi connectivity index (χ4n) is 3.95. The molecule has 0 aromatic heterocycles. The van der Waals surface area contributed by atoms with Crippen molar-refractivity contribution >= 4 is 0 Å². The summed E-state index contributed by atoms with van der Waals surface area (Å²) in [6.07, 6.45) is 5.87. The van der Waals surface area contributed by atoms with Crippen LogP contribution in [-0.2, 0) is 6.54 Å².